The Labute approximate surface area is 83.2 Å². The van der Waals surface area contributed by atoms with Crippen LogP contribution in [-0.2, 0) is 4.74 Å². The third kappa shape index (κ3) is 1.75. The largest absolute Gasteiger partial charge is 0.361 e. The fourth-order valence-electron chi connectivity index (χ4n) is 1.48. The fraction of sp³-hybridized carbons (Fsp3) is 0.250. The highest BCUT2D eigenvalue weighted by atomic mass is 16.6. The van der Waals surface area contributed by atoms with Gasteiger partial charge in [0, 0.05) is 5.56 Å². The number of epoxide rings is 1. The smallest absolute Gasteiger partial charge is 0.194 e. The molecule has 2 heteroatoms. The van der Waals surface area contributed by atoms with Crippen LogP contribution in [0.3, 0.4) is 0 Å². The highest BCUT2D eigenvalue weighted by molar-refractivity contribution is 6.01. The normalized spacial score (nSPS) is 24.3. The van der Waals surface area contributed by atoms with Crippen LogP contribution in [0.5, 0.6) is 0 Å². The number of carbonyl (C=O) groups excluding carboxylic acids is 1. The first-order chi connectivity index (χ1) is 6.83. The van der Waals surface area contributed by atoms with Gasteiger partial charge in [0.2, 0.25) is 0 Å². The average molecular weight is 188 g/mol. The van der Waals surface area contributed by atoms with E-state index in [0.717, 1.165) is 12.0 Å². The highest BCUT2D eigenvalue weighted by Crippen LogP contribution is 2.28. The first-order valence-corrected chi connectivity index (χ1v) is 4.68. The van der Waals surface area contributed by atoms with E-state index in [4.69, 9.17) is 4.74 Å². The van der Waals surface area contributed by atoms with Gasteiger partial charge in [0.05, 0.1) is 6.10 Å². The van der Waals surface area contributed by atoms with Gasteiger partial charge in [-0.15, -0.1) is 6.58 Å². The van der Waals surface area contributed by atoms with Crippen molar-refractivity contribution in [3.8, 4) is 0 Å². The molecule has 0 aliphatic carbocycles. The van der Waals surface area contributed by atoms with Crippen LogP contribution in [0.1, 0.15) is 16.8 Å². The Morgan fingerprint density at radius 1 is 1.43 bits per heavy atom. The second-order valence-corrected chi connectivity index (χ2v) is 3.35. The number of Topliss-reactive ketones (excluding diaryl/α,β-unsaturated/α-hetero) is 1. The van der Waals surface area contributed by atoms with Crippen molar-refractivity contribution in [2.45, 2.75) is 18.6 Å². The number of carbonyl (C=O) groups is 1. The van der Waals surface area contributed by atoms with Gasteiger partial charge in [-0.1, -0.05) is 36.4 Å². The molecular weight excluding hydrogens is 176 g/mol. The molecule has 1 aromatic carbocycles. The van der Waals surface area contributed by atoms with Gasteiger partial charge in [-0.25, -0.2) is 0 Å². The summed E-state index contributed by atoms with van der Waals surface area (Å²) in [6.45, 7) is 3.62. The number of hydrogen-bond acceptors (Lipinski definition) is 2. The van der Waals surface area contributed by atoms with Gasteiger partial charge in [-0.05, 0) is 6.42 Å². The number of rotatable bonds is 4. The molecule has 0 aromatic heterocycles. The lowest BCUT2D eigenvalue weighted by Gasteiger charge is -1.94. The van der Waals surface area contributed by atoms with Crippen LogP contribution >= 0.6 is 0 Å². The lowest BCUT2D eigenvalue weighted by molar-refractivity contribution is 0.0953. The van der Waals surface area contributed by atoms with Crippen molar-refractivity contribution in [2.75, 3.05) is 0 Å². The molecule has 1 aromatic rings. The molecule has 0 radical (unpaired) electrons. The van der Waals surface area contributed by atoms with Crippen molar-refractivity contribution < 1.29 is 9.53 Å². The van der Waals surface area contributed by atoms with Gasteiger partial charge < -0.3 is 4.74 Å². The van der Waals surface area contributed by atoms with Crippen molar-refractivity contribution in [1.29, 1.82) is 0 Å². The Bertz CT molecular complexity index is 343. The predicted octanol–water partition coefficient (Wildman–Crippen LogP) is 2.21. The minimum absolute atomic E-state index is 0.0557. The van der Waals surface area contributed by atoms with Gasteiger partial charge in [0.25, 0.3) is 0 Å². The van der Waals surface area contributed by atoms with Crippen LogP contribution in [-0.4, -0.2) is 18.0 Å². The van der Waals surface area contributed by atoms with E-state index in [0.29, 0.717) is 0 Å². The fourth-order valence-corrected chi connectivity index (χ4v) is 1.48. The first-order valence-electron chi connectivity index (χ1n) is 4.68. The van der Waals surface area contributed by atoms with Crippen molar-refractivity contribution >= 4 is 5.78 Å². The molecule has 0 N–H and O–H groups in total. The van der Waals surface area contributed by atoms with Crippen LogP contribution in [0.15, 0.2) is 43.0 Å². The summed E-state index contributed by atoms with van der Waals surface area (Å²) >= 11 is 0. The molecule has 0 unspecified atom stereocenters. The maximum Gasteiger partial charge on any atom is 0.194 e. The zero-order valence-electron chi connectivity index (χ0n) is 7.85. The summed E-state index contributed by atoms with van der Waals surface area (Å²) < 4.78 is 5.25. The standard InChI is InChI=1S/C12H12O2/c1-2-6-10-12(14-10)11(13)9-7-4-3-5-8-9/h2-5,7-8,10,12H,1,6H2/t10-,12-/m0/s1. The Balaban J connectivity index is 2.01. The van der Waals surface area contributed by atoms with E-state index >= 15 is 0 Å². The summed E-state index contributed by atoms with van der Waals surface area (Å²) in [5.74, 6) is 0.0810. The van der Waals surface area contributed by atoms with Gasteiger partial charge in [-0.3, -0.25) is 4.79 Å². The van der Waals surface area contributed by atoms with E-state index in [1.54, 1.807) is 6.08 Å². The van der Waals surface area contributed by atoms with Gasteiger partial charge >= 0.3 is 0 Å². The molecule has 14 heavy (non-hydrogen) atoms. The van der Waals surface area contributed by atoms with Crippen LogP contribution < -0.4 is 0 Å². The molecule has 1 heterocycles. The second-order valence-electron chi connectivity index (χ2n) is 3.35. The van der Waals surface area contributed by atoms with E-state index in [1.807, 2.05) is 30.3 Å². The van der Waals surface area contributed by atoms with E-state index in [1.165, 1.54) is 0 Å². The quantitative estimate of drug-likeness (QED) is 0.412. The molecule has 0 amide bonds. The van der Waals surface area contributed by atoms with Gasteiger partial charge in [-0.2, -0.15) is 0 Å². The maximum atomic E-state index is 11.7. The SMILES string of the molecule is C=CC[C@@H]1O[C@@H]1C(=O)c1ccccc1. The lowest BCUT2D eigenvalue weighted by atomic mass is 10.1. The topological polar surface area (TPSA) is 29.6 Å². The first kappa shape index (κ1) is 9.16. The zero-order valence-corrected chi connectivity index (χ0v) is 7.85. The van der Waals surface area contributed by atoms with Gasteiger partial charge in [0.1, 0.15) is 6.10 Å². The highest BCUT2D eigenvalue weighted by Gasteiger charge is 2.43. The number of benzene rings is 1. The molecular formula is C12H12O2. The molecule has 2 atom stereocenters. The molecule has 72 valence electrons. The van der Waals surface area contributed by atoms with E-state index < -0.39 is 0 Å². The van der Waals surface area contributed by atoms with Crippen molar-refractivity contribution in [3.63, 3.8) is 0 Å². The molecule has 2 rings (SSSR count). The predicted molar refractivity (Wildman–Crippen MR) is 54.2 cm³/mol. The minimum atomic E-state index is -0.240. The average Bonchev–Trinajstić information content (AvgIpc) is 2.98. The third-order valence-electron chi connectivity index (χ3n) is 2.30. The Morgan fingerprint density at radius 2 is 2.14 bits per heavy atom. The van der Waals surface area contributed by atoms with E-state index in [-0.39, 0.29) is 18.0 Å². The molecule has 1 aliphatic rings. The van der Waals surface area contributed by atoms with Crippen LogP contribution in [0.4, 0.5) is 0 Å². The molecule has 0 saturated carbocycles. The van der Waals surface area contributed by atoms with Gasteiger partial charge in [0.15, 0.2) is 5.78 Å². The zero-order chi connectivity index (χ0) is 9.97. The van der Waals surface area contributed by atoms with E-state index in [2.05, 4.69) is 6.58 Å². The molecule has 1 aliphatic heterocycles. The third-order valence-corrected chi connectivity index (χ3v) is 2.30. The summed E-state index contributed by atoms with van der Waals surface area (Å²) in [5, 5.41) is 0. The Hall–Kier alpha value is -1.41. The minimum Gasteiger partial charge on any atom is -0.361 e. The summed E-state index contributed by atoms with van der Waals surface area (Å²) in [5.41, 5.74) is 0.726. The van der Waals surface area contributed by atoms with Crippen molar-refractivity contribution in [1.82, 2.24) is 0 Å². The molecule has 1 fully saturated rings. The van der Waals surface area contributed by atoms with Crippen molar-refractivity contribution in [2.24, 2.45) is 0 Å². The lowest BCUT2D eigenvalue weighted by Crippen LogP contribution is -2.09. The summed E-state index contributed by atoms with van der Waals surface area (Å²) in [6.07, 6.45) is 2.35. The van der Waals surface area contributed by atoms with E-state index in [9.17, 15) is 4.79 Å². The molecule has 2 nitrogen and oxygen atoms in total. The Kier molecular flexibility index (Phi) is 2.46. The summed E-state index contributed by atoms with van der Waals surface area (Å²) in [4.78, 5) is 11.7. The molecule has 1 saturated heterocycles. The van der Waals surface area contributed by atoms with Crippen LogP contribution in [0, 0.1) is 0 Å². The van der Waals surface area contributed by atoms with Crippen LogP contribution in [0.2, 0.25) is 0 Å². The Morgan fingerprint density at radius 3 is 2.79 bits per heavy atom. The van der Waals surface area contributed by atoms with Crippen LogP contribution in [0.25, 0.3) is 0 Å². The molecule has 0 spiro atoms. The summed E-state index contributed by atoms with van der Waals surface area (Å²) in [7, 11) is 0. The second kappa shape index (κ2) is 3.76. The number of ketones is 1. The maximum absolute atomic E-state index is 11.7. The van der Waals surface area contributed by atoms with Crippen molar-refractivity contribution in [3.05, 3.63) is 48.6 Å². The summed E-state index contributed by atoms with van der Waals surface area (Å²) in [6, 6.07) is 9.24. The monoisotopic (exact) mass is 188 g/mol. The number of ether oxygens (including phenoxy) is 1. The molecule has 0 bridgehead atoms. The number of hydrogen-bond donors (Lipinski definition) is 0.